The highest BCUT2D eigenvalue weighted by atomic mass is 32.1. The molecule has 0 saturated carbocycles. The molecular formula is C20H26N4O4S2. The van der Waals surface area contributed by atoms with Crippen molar-refractivity contribution in [3.05, 3.63) is 32.0 Å². The van der Waals surface area contributed by atoms with Crippen molar-refractivity contribution in [2.45, 2.75) is 53.4 Å². The molecule has 6 N–H and O–H groups in total. The van der Waals surface area contributed by atoms with Gasteiger partial charge in [0.2, 0.25) is 11.8 Å². The van der Waals surface area contributed by atoms with Gasteiger partial charge in [-0.25, -0.2) is 0 Å². The zero-order valence-corrected chi connectivity index (χ0v) is 19.1. The Labute approximate surface area is 183 Å². The van der Waals surface area contributed by atoms with E-state index in [0.29, 0.717) is 34.0 Å². The summed E-state index contributed by atoms with van der Waals surface area (Å²) in [6.45, 7) is 7.31. The van der Waals surface area contributed by atoms with Crippen LogP contribution in [-0.4, -0.2) is 23.6 Å². The molecule has 0 aromatic carbocycles. The molecule has 0 aliphatic carbocycles. The molecule has 0 aliphatic heterocycles. The van der Waals surface area contributed by atoms with Gasteiger partial charge in [0.1, 0.15) is 10.0 Å². The Morgan fingerprint density at radius 1 is 0.700 bits per heavy atom. The van der Waals surface area contributed by atoms with Crippen LogP contribution in [0.15, 0.2) is 0 Å². The van der Waals surface area contributed by atoms with Crippen LogP contribution in [0, 0.1) is 27.7 Å². The molecule has 0 bridgehead atoms. The normalized spacial score (nSPS) is 10.7. The van der Waals surface area contributed by atoms with Gasteiger partial charge in [-0.2, -0.15) is 0 Å². The summed E-state index contributed by atoms with van der Waals surface area (Å²) in [5.41, 5.74) is 13.0. The predicted octanol–water partition coefficient (Wildman–Crippen LogP) is 3.38. The molecule has 8 nitrogen and oxygen atoms in total. The second-order valence-corrected chi connectivity index (χ2v) is 9.46. The number of rotatable bonds is 9. The van der Waals surface area contributed by atoms with E-state index >= 15 is 0 Å². The number of primary amides is 2. The lowest BCUT2D eigenvalue weighted by atomic mass is 10.1. The highest BCUT2D eigenvalue weighted by Gasteiger charge is 2.20. The second-order valence-electron chi connectivity index (χ2n) is 7.01. The summed E-state index contributed by atoms with van der Waals surface area (Å²) in [5, 5.41) is 6.40. The summed E-state index contributed by atoms with van der Waals surface area (Å²) in [6, 6.07) is 0. The van der Waals surface area contributed by atoms with Crippen molar-refractivity contribution in [1.82, 2.24) is 0 Å². The Balaban J connectivity index is 1.83. The van der Waals surface area contributed by atoms with Crippen molar-refractivity contribution < 1.29 is 19.2 Å². The van der Waals surface area contributed by atoms with Gasteiger partial charge < -0.3 is 22.1 Å². The number of hydrogen-bond acceptors (Lipinski definition) is 6. The van der Waals surface area contributed by atoms with Gasteiger partial charge in [0.25, 0.3) is 11.8 Å². The zero-order chi connectivity index (χ0) is 22.6. The molecule has 2 heterocycles. The van der Waals surface area contributed by atoms with Gasteiger partial charge in [-0.1, -0.05) is 0 Å². The van der Waals surface area contributed by atoms with Crippen molar-refractivity contribution in [2.75, 3.05) is 10.6 Å². The molecule has 0 aliphatic rings. The predicted molar refractivity (Wildman–Crippen MR) is 120 cm³/mol. The average molecular weight is 451 g/mol. The lowest BCUT2D eigenvalue weighted by Gasteiger charge is -2.06. The molecule has 0 fully saturated rings. The third kappa shape index (κ3) is 5.45. The van der Waals surface area contributed by atoms with Crippen molar-refractivity contribution in [2.24, 2.45) is 11.5 Å². The van der Waals surface area contributed by atoms with Crippen molar-refractivity contribution in [3.63, 3.8) is 0 Å². The van der Waals surface area contributed by atoms with E-state index in [1.165, 1.54) is 22.7 Å². The molecule has 0 atom stereocenters. The summed E-state index contributed by atoms with van der Waals surface area (Å²) in [5.74, 6) is -1.62. The Kier molecular flexibility index (Phi) is 7.74. The van der Waals surface area contributed by atoms with E-state index in [-0.39, 0.29) is 24.7 Å². The van der Waals surface area contributed by atoms with E-state index in [9.17, 15) is 19.2 Å². The van der Waals surface area contributed by atoms with Crippen LogP contribution in [0.25, 0.3) is 0 Å². The molecule has 0 radical (unpaired) electrons. The Hall–Kier alpha value is -2.72. The van der Waals surface area contributed by atoms with Crippen LogP contribution < -0.4 is 22.1 Å². The first-order chi connectivity index (χ1) is 14.0. The number of amides is 4. The molecule has 2 rings (SSSR count). The summed E-state index contributed by atoms with van der Waals surface area (Å²) in [6.07, 6.45) is 1.43. The van der Waals surface area contributed by atoms with Crippen LogP contribution in [0.3, 0.4) is 0 Å². The molecule has 4 amide bonds. The fourth-order valence-corrected chi connectivity index (χ4v) is 5.14. The molecule has 0 saturated heterocycles. The number of aryl methyl sites for hydroxylation is 2. The summed E-state index contributed by atoms with van der Waals surface area (Å²) >= 11 is 2.63. The molecule has 0 spiro atoms. The van der Waals surface area contributed by atoms with Crippen LogP contribution in [-0.2, 0) is 9.59 Å². The van der Waals surface area contributed by atoms with Crippen molar-refractivity contribution in [1.29, 1.82) is 0 Å². The van der Waals surface area contributed by atoms with E-state index in [1.54, 1.807) is 13.8 Å². The maximum Gasteiger partial charge on any atom is 0.251 e. The minimum absolute atomic E-state index is 0.214. The molecule has 162 valence electrons. The Morgan fingerprint density at radius 2 is 1.03 bits per heavy atom. The summed E-state index contributed by atoms with van der Waals surface area (Å²) < 4.78 is 0. The topological polar surface area (TPSA) is 144 Å². The maximum atomic E-state index is 12.2. The van der Waals surface area contributed by atoms with Crippen LogP contribution >= 0.6 is 22.7 Å². The van der Waals surface area contributed by atoms with Gasteiger partial charge in [-0.05, 0) is 51.7 Å². The van der Waals surface area contributed by atoms with Crippen molar-refractivity contribution in [3.8, 4) is 0 Å². The molecule has 10 heteroatoms. The minimum Gasteiger partial charge on any atom is -0.365 e. The molecular weight excluding hydrogens is 424 g/mol. The number of unbranched alkanes of at least 4 members (excludes halogenated alkanes) is 1. The molecule has 2 aromatic rings. The van der Waals surface area contributed by atoms with E-state index < -0.39 is 11.8 Å². The number of anilines is 2. The highest BCUT2D eigenvalue weighted by molar-refractivity contribution is 7.17. The van der Waals surface area contributed by atoms with E-state index in [0.717, 1.165) is 20.9 Å². The average Bonchev–Trinajstić information content (AvgIpc) is 3.07. The van der Waals surface area contributed by atoms with Gasteiger partial charge in [-0.3, -0.25) is 19.2 Å². The molecule has 2 aromatic heterocycles. The number of thiophene rings is 2. The maximum absolute atomic E-state index is 12.2. The van der Waals surface area contributed by atoms with Gasteiger partial charge in [-0.15, -0.1) is 22.7 Å². The third-order valence-electron chi connectivity index (χ3n) is 4.83. The first-order valence-electron chi connectivity index (χ1n) is 9.42. The van der Waals surface area contributed by atoms with Gasteiger partial charge in [0.15, 0.2) is 0 Å². The highest BCUT2D eigenvalue weighted by Crippen LogP contribution is 2.33. The molecule has 30 heavy (non-hydrogen) atoms. The summed E-state index contributed by atoms with van der Waals surface area (Å²) in [7, 11) is 0. The number of nitrogens with two attached hydrogens (primary N) is 2. The number of carbonyl (C=O) groups is 4. The largest absolute Gasteiger partial charge is 0.365 e. The van der Waals surface area contributed by atoms with Crippen LogP contribution in [0.2, 0.25) is 0 Å². The third-order valence-corrected chi connectivity index (χ3v) is 7.07. The second kappa shape index (κ2) is 9.86. The fourth-order valence-electron chi connectivity index (χ4n) is 2.97. The summed E-state index contributed by atoms with van der Waals surface area (Å²) in [4.78, 5) is 49.5. The van der Waals surface area contributed by atoms with E-state index in [2.05, 4.69) is 10.6 Å². The quantitative estimate of drug-likeness (QED) is 0.434. The zero-order valence-electron chi connectivity index (χ0n) is 17.4. The number of carbonyl (C=O) groups excluding carboxylic acids is 4. The van der Waals surface area contributed by atoms with Crippen LogP contribution in [0.1, 0.15) is 67.3 Å². The molecule has 0 unspecified atom stereocenters. The van der Waals surface area contributed by atoms with Gasteiger partial charge in [0, 0.05) is 22.6 Å². The first kappa shape index (κ1) is 23.6. The Morgan fingerprint density at radius 3 is 1.33 bits per heavy atom. The smallest absolute Gasteiger partial charge is 0.251 e. The lowest BCUT2D eigenvalue weighted by molar-refractivity contribution is -0.118. The SMILES string of the molecule is Cc1sc(NC(=O)CCCCC(=O)Nc2sc(C)c(C)c2C(N)=O)c(C(N)=O)c1C. The van der Waals surface area contributed by atoms with Crippen molar-refractivity contribution >= 4 is 56.3 Å². The number of hydrogen-bond donors (Lipinski definition) is 4. The van der Waals surface area contributed by atoms with Crippen LogP contribution in [0.4, 0.5) is 10.0 Å². The standard InChI is InChI=1S/C20H26N4O4S2/c1-9-11(3)29-19(15(9)17(21)27)23-13(25)7-5-6-8-14(26)24-20-16(18(22)28)10(2)12(4)30-20/h5-8H2,1-4H3,(H2,21,27)(H2,22,28)(H,23,25)(H,24,26). The van der Waals surface area contributed by atoms with E-state index in [4.69, 9.17) is 11.5 Å². The van der Waals surface area contributed by atoms with E-state index in [1.807, 2.05) is 13.8 Å². The monoisotopic (exact) mass is 450 g/mol. The minimum atomic E-state index is -0.571. The lowest BCUT2D eigenvalue weighted by Crippen LogP contribution is -2.18. The van der Waals surface area contributed by atoms with Crippen LogP contribution in [0.5, 0.6) is 0 Å². The first-order valence-corrected chi connectivity index (χ1v) is 11.1. The fraction of sp³-hybridized carbons (Fsp3) is 0.400. The Bertz CT molecular complexity index is 927. The number of nitrogens with one attached hydrogen (secondary N) is 2. The van der Waals surface area contributed by atoms with Gasteiger partial charge >= 0.3 is 0 Å². The van der Waals surface area contributed by atoms with Gasteiger partial charge in [0.05, 0.1) is 11.1 Å².